The number of amides is 1. The van der Waals surface area contributed by atoms with Gasteiger partial charge in [0.25, 0.3) is 0 Å². The molecule has 2 aromatic carbocycles. The molecule has 0 aliphatic carbocycles. The molecular weight excluding hydrogens is 354 g/mol. The lowest BCUT2D eigenvalue weighted by Gasteiger charge is -2.12. The maximum atomic E-state index is 12.3. The van der Waals surface area contributed by atoms with Gasteiger partial charge in [0.05, 0.1) is 24.9 Å². The van der Waals surface area contributed by atoms with Crippen molar-refractivity contribution >= 4 is 28.7 Å². The lowest BCUT2D eigenvalue weighted by atomic mass is 10.00. The molecule has 5 N–H and O–H groups in total. The zero-order chi connectivity index (χ0) is 19.9. The van der Waals surface area contributed by atoms with Crippen LogP contribution >= 0.6 is 0 Å². The Kier molecular flexibility index (Phi) is 5.98. The average Bonchev–Trinajstić information content (AvgIpc) is 2.70. The lowest BCUT2D eigenvalue weighted by molar-refractivity contribution is -0.115. The Morgan fingerprint density at radius 3 is 2.75 bits per heavy atom. The molecule has 0 radical (unpaired) electrons. The number of benzene rings is 2. The summed E-state index contributed by atoms with van der Waals surface area (Å²) in [5.74, 6) is -0.165. The second-order valence-electron chi connectivity index (χ2n) is 6.15. The summed E-state index contributed by atoms with van der Waals surface area (Å²) >= 11 is 0. The van der Waals surface area contributed by atoms with Gasteiger partial charge in [-0.2, -0.15) is 0 Å². The van der Waals surface area contributed by atoms with Crippen LogP contribution in [0.1, 0.15) is 16.7 Å². The maximum Gasteiger partial charge on any atom is 0.228 e. The number of pyridine rings is 1. The third-order valence-corrected chi connectivity index (χ3v) is 4.07. The van der Waals surface area contributed by atoms with Crippen LogP contribution < -0.4 is 16.5 Å². The van der Waals surface area contributed by atoms with E-state index in [1.165, 1.54) is 7.11 Å². The fourth-order valence-corrected chi connectivity index (χ4v) is 2.76. The Hall–Kier alpha value is -3.71. The highest BCUT2D eigenvalue weighted by Crippen LogP contribution is 2.23. The molecule has 0 bridgehead atoms. The van der Waals surface area contributed by atoms with E-state index in [0.717, 1.165) is 11.3 Å². The zero-order valence-electron chi connectivity index (χ0n) is 15.4. The first-order chi connectivity index (χ1) is 13.6. The van der Waals surface area contributed by atoms with Crippen LogP contribution in [0, 0.1) is 5.41 Å². The van der Waals surface area contributed by atoms with Crippen LogP contribution in [-0.4, -0.2) is 23.7 Å². The minimum atomic E-state index is -0.165. The predicted octanol–water partition coefficient (Wildman–Crippen LogP) is 3.23. The molecule has 1 aromatic heterocycles. The van der Waals surface area contributed by atoms with Crippen molar-refractivity contribution in [2.45, 2.75) is 6.42 Å². The lowest BCUT2D eigenvalue weighted by Crippen LogP contribution is -2.15. The van der Waals surface area contributed by atoms with Gasteiger partial charge in [0.2, 0.25) is 5.91 Å². The second-order valence-corrected chi connectivity index (χ2v) is 6.15. The van der Waals surface area contributed by atoms with Gasteiger partial charge in [-0.1, -0.05) is 18.2 Å². The van der Waals surface area contributed by atoms with E-state index in [9.17, 15) is 4.79 Å². The van der Waals surface area contributed by atoms with Crippen LogP contribution in [-0.2, 0) is 16.1 Å². The van der Waals surface area contributed by atoms with Crippen molar-refractivity contribution in [3.63, 3.8) is 0 Å². The largest absolute Gasteiger partial charge is 0.398 e. The Labute approximate surface area is 163 Å². The number of rotatable bonds is 7. The molecule has 1 heterocycles. The van der Waals surface area contributed by atoms with Crippen molar-refractivity contribution in [1.82, 2.24) is 4.98 Å². The highest BCUT2D eigenvalue weighted by Gasteiger charge is 2.12. The molecule has 7 heteroatoms. The van der Waals surface area contributed by atoms with E-state index in [1.54, 1.807) is 42.7 Å². The van der Waals surface area contributed by atoms with Gasteiger partial charge in [0.1, 0.15) is 0 Å². The van der Waals surface area contributed by atoms with Crippen LogP contribution in [0.2, 0.25) is 0 Å². The van der Waals surface area contributed by atoms with Crippen molar-refractivity contribution in [3.05, 3.63) is 83.7 Å². The van der Waals surface area contributed by atoms with Crippen molar-refractivity contribution in [3.8, 4) is 0 Å². The fraction of sp³-hybridized carbons (Fsp3) is 0.0952. The van der Waals surface area contributed by atoms with E-state index in [2.05, 4.69) is 15.8 Å². The van der Waals surface area contributed by atoms with E-state index in [1.807, 2.05) is 24.3 Å². The maximum absolute atomic E-state index is 12.3. The highest BCUT2D eigenvalue weighted by atomic mass is 16.6. The van der Waals surface area contributed by atoms with E-state index < -0.39 is 0 Å². The van der Waals surface area contributed by atoms with E-state index in [4.69, 9.17) is 16.0 Å². The molecule has 0 unspecified atom stereocenters. The standard InChI is InChI=1S/C21H21N5O2/c1-28-26-17-6-2-5-15(11-17)21(23)18-12-16(7-8-19(18)22)25-20(27)10-14-4-3-9-24-13-14/h2-9,11-13,23,26H,10,22H2,1H3,(H,25,27). The summed E-state index contributed by atoms with van der Waals surface area (Å²) in [6.45, 7) is 0. The van der Waals surface area contributed by atoms with Crippen molar-refractivity contribution in [1.29, 1.82) is 5.41 Å². The van der Waals surface area contributed by atoms with Crippen molar-refractivity contribution in [2.75, 3.05) is 23.6 Å². The molecule has 142 valence electrons. The molecule has 0 atom stereocenters. The first-order valence-electron chi connectivity index (χ1n) is 8.63. The molecule has 0 aliphatic rings. The molecule has 7 nitrogen and oxygen atoms in total. The molecule has 28 heavy (non-hydrogen) atoms. The minimum Gasteiger partial charge on any atom is -0.398 e. The number of hydrogen-bond acceptors (Lipinski definition) is 6. The zero-order valence-corrected chi connectivity index (χ0v) is 15.4. The molecule has 3 rings (SSSR count). The molecular formula is C21H21N5O2. The van der Waals surface area contributed by atoms with E-state index in [-0.39, 0.29) is 18.0 Å². The number of anilines is 3. The number of nitrogens with two attached hydrogens (primary N) is 1. The number of carbonyl (C=O) groups excluding carboxylic acids is 1. The van der Waals surface area contributed by atoms with Crippen LogP contribution in [0.15, 0.2) is 67.0 Å². The molecule has 0 aliphatic heterocycles. The van der Waals surface area contributed by atoms with Gasteiger partial charge in [0, 0.05) is 34.9 Å². The Morgan fingerprint density at radius 2 is 2.00 bits per heavy atom. The minimum absolute atomic E-state index is 0.165. The first kappa shape index (κ1) is 19.1. The van der Waals surface area contributed by atoms with Gasteiger partial charge in [-0.05, 0) is 42.0 Å². The summed E-state index contributed by atoms with van der Waals surface area (Å²) in [7, 11) is 1.52. The Balaban J connectivity index is 1.78. The third kappa shape index (κ3) is 4.72. The number of carbonyl (C=O) groups is 1. The average molecular weight is 375 g/mol. The highest BCUT2D eigenvalue weighted by molar-refractivity contribution is 6.14. The molecule has 1 amide bonds. The number of nitrogen functional groups attached to an aromatic ring is 1. The summed E-state index contributed by atoms with van der Waals surface area (Å²) in [6, 6.07) is 16.0. The van der Waals surface area contributed by atoms with Gasteiger partial charge in [-0.25, -0.2) is 0 Å². The van der Waals surface area contributed by atoms with Gasteiger partial charge >= 0.3 is 0 Å². The van der Waals surface area contributed by atoms with Crippen LogP contribution in [0.5, 0.6) is 0 Å². The molecule has 0 saturated carbocycles. The van der Waals surface area contributed by atoms with Crippen LogP contribution in [0.25, 0.3) is 0 Å². The molecule has 0 fully saturated rings. The summed E-state index contributed by atoms with van der Waals surface area (Å²) in [6.07, 6.45) is 3.54. The summed E-state index contributed by atoms with van der Waals surface area (Å²) < 4.78 is 0. The van der Waals surface area contributed by atoms with Crippen molar-refractivity contribution in [2.24, 2.45) is 0 Å². The van der Waals surface area contributed by atoms with Gasteiger partial charge in [0.15, 0.2) is 0 Å². The fourth-order valence-electron chi connectivity index (χ4n) is 2.76. The molecule has 3 aromatic rings. The predicted molar refractivity (Wildman–Crippen MR) is 110 cm³/mol. The first-order valence-corrected chi connectivity index (χ1v) is 8.63. The summed E-state index contributed by atoms with van der Waals surface area (Å²) in [4.78, 5) is 21.2. The quantitative estimate of drug-likeness (QED) is 0.288. The Bertz CT molecular complexity index is 989. The van der Waals surface area contributed by atoms with Gasteiger partial charge in [-0.3, -0.25) is 25.5 Å². The topological polar surface area (TPSA) is 113 Å². The number of nitrogens with zero attached hydrogens (tertiary/aromatic N) is 1. The third-order valence-electron chi connectivity index (χ3n) is 4.07. The Morgan fingerprint density at radius 1 is 1.14 bits per heavy atom. The number of nitrogens with one attached hydrogen (secondary N) is 3. The summed E-state index contributed by atoms with van der Waals surface area (Å²) in [5, 5.41) is 11.4. The number of hydrogen-bond donors (Lipinski definition) is 4. The normalized spacial score (nSPS) is 10.3. The van der Waals surface area contributed by atoms with Crippen LogP contribution in [0.3, 0.4) is 0 Å². The monoisotopic (exact) mass is 375 g/mol. The molecule has 0 spiro atoms. The van der Waals surface area contributed by atoms with Gasteiger partial charge in [-0.15, -0.1) is 0 Å². The summed E-state index contributed by atoms with van der Waals surface area (Å²) in [5.41, 5.74) is 12.9. The van der Waals surface area contributed by atoms with E-state index >= 15 is 0 Å². The van der Waals surface area contributed by atoms with E-state index in [0.29, 0.717) is 22.5 Å². The molecule has 0 saturated heterocycles. The second kappa shape index (κ2) is 8.79. The SMILES string of the molecule is CONc1cccc(C(=N)c2cc(NC(=O)Cc3cccnc3)ccc2N)c1. The smallest absolute Gasteiger partial charge is 0.228 e. The van der Waals surface area contributed by atoms with Crippen molar-refractivity contribution < 1.29 is 9.63 Å². The number of aromatic nitrogens is 1. The van der Waals surface area contributed by atoms with Gasteiger partial charge < -0.3 is 11.1 Å². The van der Waals surface area contributed by atoms with Crippen LogP contribution in [0.4, 0.5) is 17.1 Å².